The molecule has 0 aromatic rings. The van der Waals surface area contributed by atoms with Gasteiger partial charge in [0.05, 0.1) is 0 Å². The Morgan fingerprint density at radius 2 is 2.06 bits per heavy atom. The number of carbonyl (C=O) groups excluding carboxylic acids is 1. The average Bonchev–Trinajstić information content (AvgIpc) is 2.15. The molecule has 1 amide bonds. The minimum Gasteiger partial charge on any atom is -0.480 e. The first kappa shape index (κ1) is 13.2. The molecule has 0 aromatic carbocycles. The molecule has 92 valence electrons. The van der Waals surface area contributed by atoms with Crippen molar-refractivity contribution in [1.29, 1.82) is 0 Å². The van der Waals surface area contributed by atoms with Crippen LogP contribution >= 0.6 is 11.8 Å². The van der Waals surface area contributed by atoms with Crippen molar-refractivity contribution in [3.05, 3.63) is 0 Å². The van der Waals surface area contributed by atoms with E-state index in [0.717, 1.165) is 0 Å². The molecule has 0 aliphatic carbocycles. The Bertz CT molecular complexity index is 287. The minimum atomic E-state index is -0.877. The first-order chi connectivity index (χ1) is 7.29. The summed E-state index contributed by atoms with van der Waals surface area (Å²) in [6.45, 7) is 6.13. The highest BCUT2D eigenvalue weighted by Crippen LogP contribution is 2.20. The number of nitrogens with zero attached hydrogens (tertiary/aromatic N) is 1. The summed E-state index contributed by atoms with van der Waals surface area (Å²) < 4.78 is 5.19. The largest absolute Gasteiger partial charge is 0.480 e. The van der Waals surface area contributed by atoms with Crippen molar-refractivity contribution in [2.75, 3.05) is 18.8 Å². The summed E-state index contributed by atoms with van der Waals surface area (Å²) >= 11 is 1.36. The van der Waals surface area contributed by atoms with Gasteiger partial charge in [0.25, 0.3) is 0 Å². The molecule has 1 fully saturated rings. The fourth-order valence-corrected chi connectivity index (χ4v) is 2.33. The van der Waals surface area contributed by atoms with E-state index in [9.17, 15) is 9.59 Å². The molecule has 1 saturated heterocycles. The lowest BCUT2D eigenvalue weighted by atomic mass is 10.2. The predicted molar refractivity (Wildman–Crippen MR) is 61.7 cm³/mol. The second kappa shape index (κ2) is 4.95. The summed E-state index contributed by atoms with van der Waals surface area (Å²) in [6, 6.07) is 0. The van der Waals surface area contributed by atoms with Gasteiger partial charge in [-0.05, 0) is 20.8 Å². The lowest BCUT2D eigenvalue weighted by Gasteiger charge is -2.32. The van der Waals surface area contributed by atoms with Crippen molar-refractivity contribution in [3.63, 3.8) is 0 Å². The molecule has 5 nitrogen and oxygen atoms in total. The topological polar surface area (TPSA) is 66.8 Å². The van der Waals surface area contributed by atoms with Crippen LogP contribution in [-0.4, -0.2) is 51.8 Å². The molecule has 0 spiro atoms. The molecule has 6 heteroatoms. The molecule has 1 heterocycles. The van der Waals surface area contributed by atoms with E-state index in [1.807, 2.05) is 0 Å². The van der Waals surface area contributed by atoms with Crippen LogP contribution in [0.3, 0.4) is 0 Å². The number of rotatable bonds is 1. The third-order valence-electron chi connectivity index (χ3n) is 1.99. The maximum absolute atomic E-state index is 11.7. The number of hydrogen-bond donors (Lipinski definition) is 1. The second-order valence-corrected chi connectivity index (χ2v) is 5.93. The number of amides is 1. The number of carboxylic acids is 1. The molecule has 1 aliphatic rings. The van der Waals surface area contributed by atoms with Crippen molar-refractivity contribution in [2.24, 2.45) is 0 Å². The summed E-state index contributed by atoms with van der Waals surface area (Å²) in [5, 5.41) is 8.33. The smallest absolute Gasteiger partial charge is 0.410 e. The van der Waals surface area contributed by atoms with E-state index in [4.69, 9.17) is 9.84 Å². The van der Waals surface area contributed by atoms with E-state index in [0.29, 0.717) is 12.3 Å². The van der Waals surface area contributed by atoms with Crippen LogP contribution in [0.15, 0.2) is 0 Å². The van der Waals surface area contributed by atoms with Crippen LogP contribution in [-0.2, 0) is 9.53 Å². The lowest BCUT2D eigenvalue weighted by Crippen LogP contribution is -2.46. The quantitative estimate of drug-likeness (QED) is 0.759. The van der Waals surface area contributed by atoms with Crippen molar-refractivity contribution in [3.8, 4) is 0 Å². The Morgan fingerprint density at radius 1 is 1.44 bits per heavy atom. The minimum absolute atomic E-state index is 0.217. The fourth-order valence-electron chi connectivity index (χ4n) is 1.29. The van der Waals surface area contributed by atoms with Crippen LogP contribution < -0.4 is 0 Å². The standard InChI is InChI=1S/C10H17NO4S/c1-10(2,3)15-9(14)11-4-5-16-7(6-11)8(12)13/h7H,4-6H2,1-3H3,(H,12,13)/t7-/m0/s1. The number of carbonyl (C=O) groups is 2. The molecule has 0 bridgehead atoms. The van der Waals surface area contributed by atoms with Crippen LogP contribution in [0.2, 0.25) is 0 Å². The van der Waals surface area contributed by atoms with Gasteiger partial charge in [-0.25, -0.2) is 4.79 Å². The number of carboxylic acid groups (broad SMARTS) is 1. The highest BCUT2D eigenvalue weighted by molar-refractivity contribution is 8.00. The first-order valence-corrected chi connectivity index (χ1v) is 6.17. The summed E-state index contributed by atoms with van der Waals surface area (Å²) in [5.74, 6) is -0.241. The van der Waals surface area contributed by atoms with E-state index in [2.05, 4.69) is 0 Å². The fraction of sp³-hybridized carbons (Fsp3) is 0.800. The Balaban J connectivity index is 2.54. The van der Waals surface area contributed by atoms with Crippen molar-refractivity contribution < 1.29 is 19.4 Å². The summed E-state index contributed by atoms with van der Waals surface area (Å²) in [4.78, 5) is 24.0. The summed E-state index contributed by atoms with van der Waals surface area (Å²) in [6.07, 6.45) is -0.431. The summed E-state index contributed by atoms with van der Waals surface area (Å²) in [5.41, 5.74) is -0.541. The monoisotopic (exact) mass is 247 g/mol. The van der Waals surface area contributed by atoms with E-state index in [1.54, 1.807) is 20.8 Å². The molecule has 0 radical (unpaired) electrons. The van der Waals surface area contributed by atoms with Gasteiger partial charge < -0.3 is 14.7 Å². The summed E-state index contributed by atoms with van der Waals surface area (Å²) in [7, 11) is 0. The van der Waals surface area contributed by atoms with Gasteiger partial charge in [-0.1, -0.05) is 0 Å². The SMILES string of the molecule is CC(C)(C)OC(=O)N1CCS[C@H](C(=O)O)C1. The molecule has 16 heavy (non-hydrogen) atoms. The molecular weight excluding hydrogens is 230 g/mol. The Hall–Kier alpha value is -0.910. The highest BCUT2D eigenvalue weighted by Gasteiger charge is 2.31. The van der Waals surface area contributed by atoms with Crippen LogP contribution in [0.4, 0.5) is 4.79 Å². The van der Waals surface area contributed by atoms with Crippen molar-refractivity contribution in [1.82, 2.24) is 4.90 Å². The van der Waals surface area contributed by atoms with Gasteiger partial charge in [-0.2, -0.15) is 0 Å². The van der Waals surface area contributed by atoms with Crippen LogP contribution in [0.1, 0.15) is 20.8 Å². The van der Waals surface area contributed by atoms with Gasteiger partial charge in [0.1, 0.15) is 10.9 Å². The van der Waals surface area contributed by atoms with E-state index in [1.165, 1.54) is 16.7 Å². The number of hydrogen-bond acceptors (Lipinski definition) is 4. The number of thioether (sulfide) groups is 1. The van der Waals surface area contributed by atoms with Gasteiger partial charge in [-0.15, -0.1) is 11.8 Å². The Morgan fingerprint density at radius 3 is 2.56 bits per heavy atom. The maximum Gasteiger partial charge on any atom is 0.410 e. The van der Waals surface area contributed by atoms with Crippen LogP contribution in [0.25, 0.3) is 0 Å². The van der Waals surface area contributed by atoms with E-state index >= 15 is 0 Å². The maximum atomic E-state index is 11.7. The predicted octanol–water partition coefficient (Wildman–Crippen LogP) is 1.42. The molecule has 1 aliphatic heterocycles. The van der Waals surface area contributed by atoms with E-state index < -0.39 is 22.9 Å². The number of ether oxygens (including phenoxy) is 1. The Labute approximate surface area is 99.1 Å². The molecule has 0 aromatic heterocycles. The normalized spacial score (nSPS) is 21.7. The van der Waals surface area contributed by atoms with Gasteiger partial charge in [0.2, 0.25) is 0 Å². The molecule has 1 atom stereocenters. The van der Waals surface area contributed by atoms with Gasteiger partial charge in [-0.3, -0.25) is 4.79 Å². The molecule has 1 N–H and O–H groups in total. The third kappa shape index (κ3) is 3.92. The number of aliphatic carboxylic acids is 1. The van der Waals surface area contributed by atoms with Gasteiger partial charge in [0.15, 0.2) is 0 Å². The second-order valence-electron chi connectivity index (χ2n) is 4.62. The molecule has 0 unspecified atom stereocenters. The zero-order valence-electron chi connectivity index (χ0n) is 9.73. The average molecular weight is 247 g/mol. The third-order valence-corrected chi connectivity index (χ3v) is 3.16. The highest BCUT2D eigenvalue weighted by atomic mass is 32.2. The van der Waals surface area contributed by atoms with Crippen LogP contribution in [0, 0.1) is 0 Å². The van der Waals surface area contributed by atoms with Gasteiger partial charge >= 0.3 is 12.1 Å². The van der Waals surface area contributed by atoms with Crippen LogP contribution in [0.5, 0.6) is 0 Å². The van der Waals surface area contributed by atoms with Crippen molar-refractivity contribution in [2.45, 2.75) is 31.6 Å². The molecule has 1 rings (SSSR count). The first-order valence-electron chi connectivity index (χ1n) is 5.12. The van der Waals surface area contributed by atoms with E-state index in [-0.39, 0.29) is 6.54 Å². The molecular formula is C10H17NO4S. The lowest BCUT2D eigenvalue weighted by molar-refractivity contribution is -0.136. The Kier molecular flexibility index (Phi) is 4.07. The van der Waals surface area contributed by atoms with Crippen molar-refractivity contribution >= 4 is 23.8 Å². The molecule has 0 saturated carbocycles. The zero-order chi connectivity index (χ0) is 12.3. The zero-order valence-corrected chi connectivity index (χ0v) is 10.5. The van der Waals surface area contributed by atoms with Gasteiger partial charge in [0, 0.05) is 18.8 Å².